The Labute approximate surface area is 101 Å². The summed E-state index contributed by atoms with van der Waals surface area (Å²) < 4.78 is 10.8. The van der Waals surface area contributed by atoms with E-state index in [1.165, 1.54) is 0 Å². The van der Waals surface area contributed by atoms with Crippen LogP contribution in [0.5, 0.6) is 5.75 Å². The van der Waals surface area contributed by atoms with Crippen LogP contribution < -0.4 is 10.5 Å². The van der Waals surface area contributed by atoms with E-state index in [-0.39, 0.29) is 0 Å². The van der Waals surface area contributed by atoms with Crippen molar-refractivity contribution in [2.75, 3.05) is 26.4 Å². The van der Waals surface area contributed by atoms with Gasteiger partial charge in [0.05, 0.1) is 6.61 Å². The lowest BCUT2D eigenvalue weighted by Crippen LogP contribution is -2.09. The van der Waals surface area contributed by atoms with Gasteiger partial charge in [0.15, 0.2) is 0 Å². The largest absolute Gasteiger partial charge is 0.491 e. The van der Waals surface area contributed by atoms with E-state index in [1.54, 1.807) is 0 Å². The second kappa shape index (κ2) is 7.49. The van der Waals surface area contributed by atoms with Gasteiger partial charge in [-0.3, -0.25) is 0 Å². The summed E-state index contributed by atoms with van der Waals surface area (Å²) in [4.78, 5) is 0. The molecule has 0 heterocycles. The Balaban J connectivity index is 2.56. The van der Waals surface area contributed by atoms with Gasteiger partial charge in [-0.2, -0.15) is 0 Å². The molecule has 4 heteroatoms. The van der Waals surface area contributed by atoms with E-state index < -0.39 is 0 Å². The van der Waals surface area contributed by atoms with Crippen molar-refractivity contribution in [1.29, 1.82) is 0 Å². The first-order valence-electron chi connectivity index (χ1n) is 5.47. The monoisotopic (exact) mass is 243 g/mol. The molecule has 0 aliphatic carbocycles. The lowest BCUT2D eigenvalue weighted by atomic mass is 10.1. The zero-order valence-electron chi connectivity index (χ0n) is 9.54. The van der Waals surface area contributed by atoms with E-state index in [0.29, 0.717) is 31.4 Å². The fourth-order valence-electron chi connectivity index (χ4n) is 1.39. The average Bonchev–Trinajstić information content (AvgIpc) is 2.27. The number of nitrogens with two attached hydrogens (primary N) is 1. The molecule has 16 heavy (non-hydrogen) atoms. The molecule has 1 rings (SSSR count). The van der Waals surface area contributed by atoms with E-state index in [4.69, 9.17) is 26.8 Å². The van der Waals surface area contributed by atoms with Crippen molar-refractivity contribution in [1.82, 2.24) is 0 Å². The molecule has 1 aromatic carbocycles. The first-order valence-corrected chi connectivity index (χ1v) is 5.84. The highest BCUT2D eigenvalue weighted by atomic mass is 35.5. The standard InChI is InChI=1S/C12H18ClNO2/c1-2-15-7-8-16-12-4-3-11(13)9-10(12)5-6-14/h3-4,9H,2,5-8,14H2,1H3. The summed E-state index contributed by atoms with van der Waals surface area (Å²) in [7, 11) is 0. The Morgan fingerprint density at radius 3 is 2.81 bits per heavy atom. The molecule has 0 atom stereocenters. The maximum absolute atomic E-state index is 5.92. The van der Waals surface area contributed by atoms with E-state index in [2.05, 4.69) is 0 Å². The number of rotatable bonds is 7. The fourth-order valence-corrected chi connectivity index (χ4v) is 1.59. The van der Waals surface area contributed by atoms with E-state index in [0.717, 1.165) is 17.7 Å². The van der Waals surface area contributed by atoms with Gasteiger partial charge >= 0.3 is 0 Å². The lowest BCUT2D eigenvalue weighted by Gasteiger charge is -2.11. The minimum atomic E-state index is 0.549. The van der Waals surface area contributed by atoms with Crippen LogP contribution in [-0.2, 0) is 11.2 Å². The number of halogens is 1. The summed E-state index contributed by atoms with van der Waals surface area (Å²) in [6, 6.07) is 5.58. The van der Waals surface area contributed by atoms with Crippen LogP contribution >= 0.6 is 11.6 Å². The van der Waals surface area contributed by atoms with Crippen molar-refractivity contribution < 1.29 is 9.47 Å². The van der Waals surface area contributed by atoms with Crippen LogP contribution in [0, 0.1) is 0 Å². The molecule has 0 saturated carbocycles. The van der Waals surface area contributed by atoms with Crippen molar-refractivity contribution >= 4 is 11.6 Å². The second-order valence-corrected chi connectivity index (χ2v) is 3.77. The molecule has 0 bridgehead atoms. The van der Waals surface area contributed by atoms with Gasteiger partial charge in [-0.05, 0) is 43.7 Å². The lowest BCUT2D eigenvalue weighted by molar-refractivity contribution is 0.110. The zero-order valence-corrected chi connectivity index (χ0v) is 10.3. The minimum Gasteiger partial charge on any atom is -0.491 e. The highest BCUT2D eigenvalue weighted by Gasteiger charge is 2.03. The Bertz CT molecular complexity index is 318. The van der Waals surface area contributed by atoms with Crippen molar-refractivity contribution in [3.8, 4) is 5.75 Å². The van der Waals surface area contributed by atoms with Gasteiger partial charge in [-0.15, -0.1) is 0 Å². The number of benzene rings is 1. The predicted octanol–water partition coefficient (Wildman–Crippen LogP) is 2.26. The Morgan fingerprint density at radius 1 is 1.31 bits per heavy atom. The Kier molecular flexibility index (Phi) is 6.23. The summed E-state index contributed by atoms with van der Waals surface area (Å²) in [5, 5.41) is 0.709. The maximum atomic E-state index is 5.92. The normalized spacial score (nSPS) is 10.4. The fraction of sp³-hybridized carbons (Fsp3) is 0.500. The van der Waals surface area contributed by atoms with Gasteiger partial charge in [-0.25, -0.2) is 0 Å². The molecule has 0 saturated heterocycles. The summed E-state index contributed by atoms with van der Waals surface area (Å²) >= 11 is 5.92. The molecule has 0 aromatic heterocycles. The van der Waals surface area contributed by atoms with Gasteiger partial charge in [0.1, 0.15) is 12.4 Å². The van der Waals surface area contributed by atoms with Crippen LogP contribution in [0.2, 0.25) is 5.02 Å². The first kappa shape index (κ1) is 13.3. The highest BCUT2D eigenvalue weighted by Crippen LogP contribution is 2.23. The zero-order chi connectivity index (χ0) is 11.8. The molecule has 1 aromatic rings. The van der Waals surface area contributed by atoms with Crippen molar-refractivity contribution in [3.05, 3.63) is 28.8 Å². The number of hydrogen-bond donors (Lipinski definition) is 1. The third-order valence-corrected chi connectivity index (χ3v) is 2.36. The topological polar surface area (TPSA) is 44.5 Å². The van der Waals surface area contributed by atoms with Crippen molar-refractivity contribution in [2.45, 2.75) is 13.3 Å². The second-order valence-electron chi connectivity index (χ2n) is 3.34. The van der Waals surface area contributed by atoms with E-state index in [9.17, 15) is 0 Å². The Morgan fingerprint density at radius 2 is 2.12 bits per heavy atom. The quantitative estimate of drug-likeness (QED) is 0.748. The molecule has 0 fully saturated rings. The molecule has 0 amide bonds. The SMILES string of the molecule is CCOCCOc1ccc(Cl)cc1CCN. The molecule has 2 N–H and O–H groups in total. The summed E-state index contributed by atoms with van der Waals surface area (Å²) in [6.07, 6.45) is 0.768. The molecule has 0 unspecified atom stereocenters. The van der Waals surface area contributed by atoms with Gasteiger partial charge in [-0.1, -0.05) is 11.6 Å². The molecular weight excluding hydrogens is 226 g/mol. The van der Waals surface area contributed by atoms with Crippen molar-refractivity contribution in [2.24, 2.45) is 5.73 Å². The van der Waals surface area contributed by atoms with Gasteiger partial charge in [0.25, 0.3) is 0 Å². The number of ether oxygens (including phenoxy) is 2. The van der Waals surface area contributed by atoms with E-state index >= 15 is 0 Å². The van der Waals surface area contributed by atoms with Gasteiger partial charge < -0.3 is 15.2 Å². The smallest absolute Gasteiger partial charge is 0.122 e. The Hall–Kier alpha value is -0.770. The van der Waals surface area contributed by atoms with Gasteiger partial charge in [0, 0.05) is 11.6 Å². The molecule has 0 spiro atoms. The van der Waals surface area contributed by atoms with Gasteiger partial charge in [0.2, 0.25) is 0 Å². The molecule has 0 radical (unpaired) electrons. The van der Waals surface area contributed by atoms with E-state index in [1.807, 2.05) is 25.1 Å². The minimum absolute atomic E-state index is 0.549. The van der Waals surface area contributed by atoms with Crippen LogP contribution in [0.15, 0.2) is 18.2 Å². The molecule has 3 nitrogen and oxygen atoms in total. The van der Waals surface area contributed by atoms with Crippen molar-refractivity contribution in [3.63, 3.8) is 0 Å². The van der Waals surface area contributed by atoms with Crippen LogP contribution in [0.3, 0.4) is 0 Å². The predicted molar refractivity (Wildman–Crippen MR) is 66.2 cm³/mol. The third kappa shape index (κ3) is 4.39. The van der Waals surface area contributed by atoms with Crippen LogP contribution in [0.25, 0.3) is 0 Å². The summed E-state index contributed by atoms with van der Waals surface area (Å²) in [5.41, 5.74) is 6.58. The first-order chi connectivity index (χ1) is 7.77. The van der Waals surface area contributed by atoms with Crippen LogP contribution in [0.4, 0.5) is 0 Å². The molecule has 0 aliphatic heterocycles. The molecular formula is C12H18ClNO2. The molecule has 90 valence electrons. The summed E-state index contributed by atoms with van der Waals surface area (Å²) in [6.45, 7) is 4.40. The van der Waals surface area contributed by atoms with Crippen LogP contribution in [-0.4, -0.2) is 26.4 Å². The third-order valence-electron chi connectivity index (χ3n) is 2.13. The molecule has 0 aliphatic rings. The highest BCUT2D eigenvalue weighted by molar-refractivity contribution is 6.30. The summed E-state index contributed by atoms with van der Waals surface area (Å²) in [5.74, 6) is 0.842. The maximum Gasteiger partial charge on any atom is 0.122 e. The number of hydrogen-bond acceptors (Lipinski definition) is 3. The average molecular weight is 244 g/mol. The van der Waals surface area contributed by atoms with Crippen LogP contribution in [0.1, 0.15) is 12.5 Å².